The molecule has 8 rings (SSSR count). The van der Waals surface area contributed by atoms with Crippen LogP contribution in [-0.4, -0.2) is 104 Å². The summed E-state index contributed by atoms with van der Waals surface area (Å²) >= 11 is 0. The summed E-state index contributed by atoms with van der Waals surface area (Å²) in [5.74, 6) is 1.78. The van der Waals surface area contributed by atoms with Gasteiger partial charge in [0.25, 0.3) is 5.91 Å². The number of imidazole rings is 1. The Morgan fingerprint density at radius 2 is 1.50 bits per heavy atom. The number of piperazine rings is 1. The van der Waals surface area contributed by atoms with E-state index in [2.05, 4.69) is 19.3 Å². The second kappa shape index (κ2) is 14.5. The number of halogens is 6. The molecule has 6 heterocycles. The second-order valence-electron chi connectivity index (χ2n) is 15.0. The maximum Gasteiger partial charge on any atom is 0.416 e. The number of carbonyl (C=O) groups excluding carboxylic acids is 1. The molecule has 4 aromatic rings. The minimum atomic E-state index is -5.04. The zero-order valence-corrected chi connectivity index (χ0v) is 30.0. The fraction of sp³-hybridized carbons (Fsp3) is 0.513. The molecule has 0 spiro atoms. The summed E-state index contributed by atoms with van der Waals surface area (Å²) in [4.78, 5) is 32.4. The van der Waals surface area contributed by atoms with Gasteiger partial charge in [0.2, 0.25) is 0 Å². The number of fused-ring (bicyclic) bond motifs is 2. The van der Waals surface area contributed by atoms with E-state index in [9.17, 15) is 31.1 Å². The molecular formula is C39H43F6N7O2. The minimum absolute atomic E-state index is 0.0625. The Hall–Kier alpha value is -4.21. The molecule has 54 heavy (non-hydrogen) atoms. The number of amides is 1. The number of alkyl halides is 6. The molecule has 0 saturated carbocycles. The van der Waals surface area contributed by atoms with Crippen molar-refractivity contribution in [3.05, 3.63) is 106 Å². The lowest BCUT2D eigenvalue weighted by Gasteiger charge is -2.47. The van der Waals surface area contributed by atoms with Crippen molar-refractivity contribution in [1.82, 2.24) is 34.1 Å². The van der Waals surface area contributed by atoms with Crippen LogP contribution in [0.1, 0.15) is 75.5 Å². The van der Waals surface area contributed by atoms with Crippen molar-refractivity contribution in [3.63, 3.8) is 0 Å². The average molecular weight is 756 g/mol. The van der Waals surface area contributed by atoms with E-state index in [0.29, 0.717) is 43.3 Å². The molecule has 0 N–H and O–H groups in total. The normalized spacial score (nSPS) is 24.7. The molecule has 0 radical (unpaired) electrons. The van der Waals surface area contributed by atoms with E-state index in [0.717, 1.165) is 81.5 Å². The number of hydrogen-bond acceptors (Lipinski definition) is 7. The highest BCUT2D eigenvalue weighted by molar-refractivity contribution is 5.95. The molecule has 2 aromatic heterocycles. The summed E-state index contributed by atoms with van der Waals surface area (Å²) in [6.07, 6.45) is -2.82. The lowest BCUT2D eigenvalue weighted by atomic mass is 9.90. The zero-order chi connectivity index (χ0) is 37.8. The number of hydrogen-bond donors (Lipinski definition) is 0. The fourth-order valence-corrected chi connectivity index (χ4v) is 9.04. The smallest absolute Gasteiger partial charge is 0.416 e. The summed E-state index contributed by atoms with van der Waals surface area (Å²) in [6, 6.07) is 10.7. The largest absolute Gasteiger partial charge is 0.446 e. The Labute approximate surface area is 309 Å². The molecule has 3 fully saturated rings. The lowest BCUT2D eigenvalue weighted by molar-refractivity contribution is -0.143. The molecule has 288 valence electrons. The first kappa shape index (κ1) is 36.8. The molecule has 2 aromatic carbocycles. The molecule has 9 nitrogen and oxygen atoms in total. The van der Waals surface area contributed by atoms with E-state index in [1.54, 1.807) is 0 Å². The number of likely N-dealkylation sites (tertiary alicyclic amines) is 2. The molecule has 0 aliphatic carbocycles. The zero-order valence-electron chi connectivity index (χ0n) is 30.0. The van der Waals surface area contributed by atoms with E-state index in [4.69, 9.17) is 14.4 Å². The number of aryl methyl sites for hydroxylation is 3. The third kappa shape index (κ3) is 7.41. The lowest BCUT2D eigenvalue weighted by Crippen LogP contribution is -2.58. The van der Waals surface area contributed by atoms with Gasteiger partial charge in [-0.05, 0) is 49.4 Å². The van der Waals surface area contributed by atoms with Crippen molar-refractivity contribution in [2.45, 2.75) is 82.1 Å². The summed E-state index contributed by atoms with van der Waals surface area (Å²) < 4.78 is 90.4. The molecule has 15 heteroatoms. The van der Waals surface area contributed by atoms with E-state index in [-0.39, 0.29) is 24.7 Å². The van der Waals surface area contributed by atoms with Gasteiger partial charge < -0.3 is 13.9 Å². The van der Waals surface area contributed by atoms with Crippen LogP contribution in [0.3, 0.4) is 0 Å². The Morgan fingerprint density at radius 3 is 2.19 bits per heavy atom. The van der Waals surface area contributed by atoms with Crippen molar-refractivity contribution in [2.75, 3.05) is 45.8 Å². The maximum absolute atomic E-state index is 13.9. The van der Waals surface area contributed by atoms with Gasteiger partial charge in [-0.25, -0.2) is 9.97 Å². The standard InChI is InChI=1S/C39H43F6N7O2/c1-25-47-34-33(54-25)9-12-50-14-10-46-36(50)35(34)51-11-7-31(24-51)49-17-15-48(16-18-49)30-8-13-52(32(23-30)19-26-5-3-2-4-6-26)37(53)27-20-28(38(40,41)42)22-29(21-27)39(43,44)45/h2-6,10,14,20-22,30-32,35H,7-9,11-13,15-19,23-24H2,1H3. The van der Waals surface area contributed by atoms with Crippen LogP contribution < -0.4 is 0 Å². The molecule has 4 aliphatic rings. The van der Waals surface area contributed by atoms with E-state index in [1.807, 2.05) is 49.6 Å². The Morgan fingerprint density at radius 1 is 0.833 bits per heavy atom. The quantitative estimate of drug-likeness (QED) is 0.209. The first-order valence-electron chi connectivity index (χ1n) is 18.7. The maximum atomic E-state index is 13.9. The number of piperidine rings is 1. The summed E-state index contributed by atoms with van der Waals surface area (Å²) in [5.41, 5.74) is -1.67. The van der Waals surface area contributed by atoms with Crippen molar-refractivity contribution >= 4 is 5.91 Å². The third-order valence-corrected chi connectivity index (χ3v) is 11.7. The highest BCUT2D eigenvalue weighted by atomic mass is 19.4. The first-order valence-corrected chi connectivity index (χ1v) is 18.7. The van der Waals surface area contributed by atoms with Crippen molar-refractivity contribution in [2.24, 2.45) is 0 Å². The van der Waals surface area contributed by atoms with Gasteiger partial charge >= 0.3 is 12.4 Å². The SMILES string of the molecule is Cc1nc2c(o1)CCn1ccnc1C2N1CCC(N2CCN(C3CCN(C(=O)c4cc(C(F)(F)F)cc(C(F)(F)F)c4)C(Cc4ccccc4)C3)CC2)C1. The van der Waals surface area contributed by atoms with Crippen molar-refractivity contribution < 1.29 is 35.6 Å². The molecule has 1 amide bonds. The van der Waals surface area contributed by atoms with Gasteiger partial charge in [0, 0.05) is 102 Å². The number of carbonyl (C=O) groups is 1. The number of oxazole rings is 1. The van der Waals surface area contributed by atoms with Crippen LogP contribution in [0.2, 0.25) is 0 Å². The molecule has 4 unspecified atom stereocenters. The fourth-order valence-electron chi connectivity index (χ4n) is 9.04. The molecule has 0 bridgehead atoms. The Balaban J connectivity index is 0.947. The van der Waals surface area contributed by atoms with E-state index in [1.165, 1.54) is 4.90 Å². The monoisotopic (exact) mass is 755 g/mol. The van der Waals surface area contributed by atoms with Gasteiger partial charge in [-0.1, -0.05) is 30.3 Å². The van der Waals surface area contributed by atoms with Crippen LogP contribution >= 0.6 is 0 Å². The van der Waals surface area contributed by atoms with Gasteiger partial charge in [0.05, 0.1) is 11.1 Å². The summed E-state index contributed by atoms with van der Waals surface area (Å²) in [6.45, 7) is 8.13. The van der Waals surface area contributed by atoms with Gasteiger partial charge in [0.15, 0.2) is 5.89 Å². The number of nitrogens with zero attached hydrogens (tertiary/aromatic N) is 7. The molecule has 4 atom stereocenters. The van der Waals surface area contributed by atoms with E-state index < -0.39 is 41.0 Å². The predicted octanol–water partition coefficient (Wildman–Crippen LogP) is 6.47. The summed E-state index contributed by atoms with van der Waals surface area (Å²) in [5, 5.41) is 0. The third-order valence-electron chi connectivity index (χ3n) is 11.7. The molecular weight excluding hydrogens is 712 g/mol. The number of rotatable bonds is 6. The van der Waals surface area contributed by atoms with Gasteiger partial charge in [-0.15, -0.1) is 0 Å². The van der Waals surface area contributed by atoms with E-state index >= 15 is 0 Å². The average Bonchev–Trinajstić information content (AvgIpc) is 3.90. The van der Waals surface area contributed by atoms with Crippen LogP contribution in [-0.2, 0) is 31.7 Å². The molecule has 3 saturated heterocycles. The van der Waals surface area contributed by atoms with Crippen LogP contribution in [0, 0.1) is 6.92 Å². The van der Waals surface area contributed by atoms with Gasteiger partial charge in [-0.2, -0.15) is 26.3 Å². The highest BCUT2D eigenvalue weighted by Gasteiger charge is 2.42. The van der Waals surface area contributed by atoms with Gasteiger partial charge in [-0.3, -0.25) is 19.5 Å². The molecule has 4 aliphatic heterocycles. The number of aromatic nitrogens is 3. The summed E-state index contributed by atoms with van der Waals surface area (Å²) in [7, 11) is 0. The topological polar surface area (TPSA) is 73.9 Å². The van der Waals surface area contributed by atoms with Gasteiger partial charge in [0.1, 0.15) is 23.3 Å². The Bertz CT molecular complexity index is 1920. The van der Waals surface area contributed by atoms with Crippen LogP contribution in [0.15, 0.2) is 65.3 Å². The number of benzene rings is 2. The van der Waals surface area contributed by atoms with Crippen LogP contribution in [0.25, 0.3) is 0 Å². The Kier molecular flexibility index (Phi) is 9.84. The first-order chi connectivity index (χ1) is 25.8. The van der Waals surface area contributed by atoms with Crippen molar-refractivity contribution in [1.29, 1.82) is 0 Å². The minimum Gasteiger partial charge on any atom is -0.446 e. The second-order valence-corrected chi connectivity index (χ2v) is 15.0. The van der Waals surface area contributed by atoms with Crippen LogP contribution in [0.4, 0.5) is 26.3 Å². The predicted molar refractivity (Wildman–Crippen MR) is 187 cm³/mol. The van der Waals surface area contributed by atoms with Crippen molar-refractivity contribution in [3.8, 4) is 0 Å². The highest BCUT2D eigenvalue weighted by Crippen LogP contribution is 2.39. The van der Waals surface area contributed by atoms with Crippen LogP contribution in [0.5, 0.6) is 0 Å².